The van der Waals surface area contributed by atoms with E-state index in [1.807, 2.05) is 0 Å². The minimum Gasteiger partial charge on any atom is -0.410 e. The largest absolute Gasteiger partial charge is 0.412 e. The molecular weight excluding hydrogens is 437 g/mol. The van der Waals surface area contributed by atoms with Crippen LogP contribution in [0.5, 0.6) is 5.75 Å². The van der Waals surface area contributed by atoms with Gasteiger partial charge in [-0.3, -0.25) is 4.79 Å². The van der Waals surface area contributed by atoms with Gasteiger partial charge in [0.05, 0.1) is 0 Å². The first-order valence-corrected chi connectivity index (χ1v) is 10.3. The first-order valence-electron chi connectivity index (χ1n) is 10.3. The van der Waals surface area contributed by atoms with Crippen molar-refractivity contribution >= 4 is 29.3 Å². The Hall–Kier alpha value is -4.79. The third-order valence-electron chi connectivity index (χ3n) is 4.70. The summed E-state index contributed by atoms with van der Waals surface area (Å²) < 4.78 is 18.5. The Balaban J connectivity index is 1.43. The molecule has 0 aliphatic rings. The molecule has 0 aliphatic heterocycles. The molecule has 1 aromatic heterocycles. The van der Waals surface area contributed by atoms with Crippen LogP contribution in [0.15, 0.2) is 85.2 Å². The number of carbonyl (C=O) groups is 2. The highest BCUT2D eigenvalue weighted by atomic mass is 19.1. The zero-order valence-corrected chi connectivity index (χ0v) is 18.1. The van der Waals surface area contributed by atoms with Crippen LogP contribution in [0, 0.1) is 5.82 Å². The third kappa shape index (κ3) is 5.71. The highest BCUT2D eigenvalue weighted by Gasteiger charge is 2.10. The van der Waals surface area contributed by atoms with Crippen LogP contribution in [-0.4, -0.2) is 29.0 Å². The molecule has 0 fully saturated rings. The highest BCUT2D eigenvalue weighted by molar-refractivity contribution is 6.05. The second kappa shape index (κ2) is 10.2. The summed E-state index contributed by atoms with van der Waals surface area (Å²) in [4.78, 5) is 32.6. The van der Waals surface area contributed by atoms with E-state index in [1.165, 1.54) is 19.2 Å². The second-order valence-electron chi connectivity index (χ2n) is 7.13. The van der Waals surface area contributed by atoms with Crippen molar-refractivity contribution in [3.63, 3.8) is 0 Å². The number of carbonyl (C=O) groups excluding carboxylic acids is 2. The Bertz CT molecular complexity index is 1330. The number of nitrogens with zero attached hydrogens (tertiary/aromatic N) is 2. The van der Waals surface area contributed by atoms with Gasteiger partial charge in [-0.1, -0.05) is 24.3 Å². The molecule has 0 saturated carbocycles. The number of hydrogen-bond acceptors (Lipinski definition) is 6. The fourth-order valence-electron chi connectivity index (χ4n) is 3.08. The monoisotopic (exact) mass is 457 g/mol. The summed E-state index contributed by atoms with van der Waals surface area (Å²) in [6.07, 6.45) is 2.58. The predicted molar refractivity (Wildman–Crippen MR) is 127 cm³/mol. The molecule has 0 bridgehead atoms. The molecule has 3 aromatic carbocycles. The van der Waals surface area contributed by atoms with E-state index in [2.05, 4.69) is 25.9 Å². The van der Waals surface area contributed by atoms with Crippen LogP contribution in [0.25, 0.3) is 11.1 Å². The van der Waals surface area contributed by atoms with E-state index in [0.29, 0.717) is 39.8 Å². The molecule has 4 rings (SSSR count). The van der Waals surface area contributed by atoms with Crippen LogP contribution in [0.4, 0.5) is 26.5 Å². The van der Waals surface area contributed by atoms with E-state index in [9.17, 15) is 14.0 Å². The summed E-state index contributed by atoms with van der Waals surface area (Å²) in [5.41, 5.74) is 2.85. The molecule has 170 valence electrons. The van der Waals surface area contributed by atoms with E-state index in [0.717, 1.165) is 0 Å². The van der Waals surface area contributed by atoms with Crippen molar-refractivity contribution in [1.29, 1.82) is 0 Å². The van der Waals surface area contributed by atoms with E-state index in [4.69, 9.17) is 4.74 Å². The summed E-state index contributed by atoms with van der Waals surface area (Å²) in [5.74, 6) is -0.0493. The fourth-order valence-corrected chi connectivity index (χ4v) is 3.08. The lowest BCUT2D eigenvalue weighted by molar-refractivity contribution is 0.102. The topological polar surface area (TPSA) is 105 Å². The number of anilines is 3. The number of ether oxygens (including phenoxy) is 1. The Morgan fingerprint density at radius 1 is 0.853 bits per heavy atom. The van der Waals surface area contributed by atoms with E-state index >= 15 is 0 Å². The smallest absolute Gasteiger partial charge is 0.410 e. The van der Waals surface area contributed by atoms with Gasteiger partial charge in [-0.25, -0.2) is 19.2 Å². The SMILES string of the molecule is CNC(=O)Oc1cccc(NC(=O)c2cccc(Nc3ncc(-c4cccc(F)c4)cn3)c2)c1. The predicted octanol–water partition coefficient (Wildman–Crippen LogP) is 5.00. The van der Waals surface area contributed by atoms with Crippen molar-refractivity contribution in [2.45, 2.75) is 0 Å². The maximum absolute atomic E-state index is 13.4. The van der Waals surface area contributed by atoms with Gasteiger partial charge in [0.15, 0.2) is 0 Å². The quantitative estimate of drug-likeness (QED) is 0.376. The van der Waals surface area contributed by atoms with Gasteiger partial charge >= 0.3 is 6.09 Å². The second-order valence-corrected chi connectivity index (χ2v) is 7.13. The van der Waals surface area contributed by atoms with Crippen molar-refractivity contribution in [2.24, 2.45) is 0 Å². The minimum atomic E-state index is -0.603. The molecule has 4 aromatic rings. The van der Waals surface area contributed by atoms with Crippen LogP contribution in [0.2, 0.25) is 0 Å². The summed E-state index contributed by atoms with van der Waals surface area (Å²) in [7, 11) is 1.46. The number of benzene rings is 3. The van der Waals surface area contributed by atoms with Crippen LogP contribution in [-0.2, 0) is 0 Å². The molecule has 34 heavy (non-hydrogen) atoms. The van der Waals surface area contributed by atoms with Gasteiger partial charge in [0.2, 0.25) is 5.95 Å². The molecule has 0 spiro atoms. The average Bonchev–Trinajstić information content (AvgIpc) is 2.85. The van der Waals surface area contributed by atoms with Gasteiger partial charge in [0.25, 0.3) is 5.91 Å². The normalized spacial score (nSPS) is 10.3. The van der Waals surface area contributed by atoms with E-state index in [-0.39, 0.29) is 11.7 Å². The van der Waals surface area contributed by atoms with Crippen LogP contribution >= 0.6 is 0 Å². The van der Waals surface area contributed by atoms with Gasteiger partial charge in [0, 0.05) is 48.0 Å². The highest BCUT2D eigenvalue weighted by Crippen LogP contribution is 2.22. The first-order chi connectivity index (χ1) is 16.5. The zero-order chi connectivity index (χ0) is 23.9. The zero-order valence-electron chi connectivity index (χ0n) is 18.1. The number of halogens is 1. The average molecular weight is 457 g/mol. The Kier molecular flexibility index (Phi) is 6.73. The van der Waals surface area contributed by atoms with Gasteiger partial charge in [-0.15, -0.1) is 0 Å². The minimum absolute atomic E-state index is 0.298. The lowest BCUT2D eigenvalue weighted by Gasteiger charge is -2.10. The summed E-state index contributed by atoms with van der Waals surface area (Å²) in [6.45, 7) is 0. The molecule has 0 saturated heterocycles. The number of aromatic nitrogens is 2. The Morgan fingerprint density at radius 2 is 1.59 bits per heavy atom. The molecule has 0 unspecified atom stereocenters. The summed E-state index contributed by atoms with van der Waals surface area (Å²) >= 11 is 0. The maximum atomic E-state index is 13.4. The van der Waals surface area contributed by atoms with Gasteiger partial charge < -0.3 is 20.7 Å². The lowest BCUT2D eigenvalue weighted by atomic mass is 10.1. The molecule has 0 atom stereocenters. The maximum Gasteiger partial charge on any atom is 0.412 e. The molecular formula is C25H20FN5O3. The van der Waals surface area contributed by atoms with E-state index in [1.54, 1.807) is 73.1 Å². The Morgan fingerprint density at radius 3 is 2.35 bits per heavy atom. The van der Waals surface area contributed by atoms with Crippen molar-refractivity contribution < 1.29 is 18.7 Å². The van der Waals surface area contributed by atoms with Crippen LogP contribution < -0.4 is 20.7 Å². The molecule has 3 N–H and O–H groups in total. The van der Waals surface area contributed by atoms with Crippen molar-refractivity contribution in [2.75, 3.05) is 17.7 Å². The third-order valence-corrected chi connectivity index (χ3v) is 4.70. The number of amides is 2. The van der Waals surface area contributed by atoms with Crippen molar-refractivity contribution in [3.05, 3.63) is 96.6 Å². The molecule has 0 aliphatic carbocycles. The molecule has 1 heterocycles. The van der Waals surface area contributed by atoms with E-state index < -0.39 is 6.09 Å². The molecule has 9 heteroatoms. The first kappa shape index (κ1) is 22.4. The number of rotatable bonds is 6. The number of nitrogens with one attached hydrogen (secondary N) is 3. The standard InChI is InChI=1S/C25H20FN5O3/c1-27-25(33)34-22-10-4-9-21(13-22)30-23(32)17-6-3-8-20(12-17)31-24-28-14-18(15-29-24)16-5-2-7-19(26)11-16/h2-15H,1H3,(H,27,33)(H,30,32)(H,28,29,31). The molecule has 8 nitrogen and oxygen atoms in total. The summed E-state index contributed by atoms with van der Waals surface area (Å²) in [5, 5.41) is 8.18. The van der Waals surface area contributed by atoms with Gasteiger partial charge in [0.1, 0.15) is 11.6 Å². The number of hydrogen-bond donors (Lipinski definition) is 3. The van der Waals surface area contributed by atoms with Gasteiger partial charge in [-0.05, 0) is 48.0 Å². The fraction of sp³-hybridized carbons (Fsp3) is 0.0400. The van der Waals surface area contributed by atoms with Crippen LogP contribution in [0.3, 0.4) is 0 Å². The molecule has 2 amide bonds. The van der Waals surface area contributed by atoms with Crippen LogP contribution in [0.1, 0.15) is 10.4 Å². The Labute approximate surface area is 194 Å². The van der Waals surface area contributed by atoms with Crippen molar-refractivity contribution in [1.82, 2.24) is 15.3 Å². The van der Waals surface area contributed by atoms with Crippen molar-refractivity contribution in [3.8, 4) is 16.9 Å². The van der Waals surface area contributed by atoms with Gasteiger partial charge in [-0.2, -0.15) is 0 Å². The summed E-state index contributed by atoms with van der Waals surface area (Å²) in [6, 6.07) is 19.5. The lowest BCUT2D eigenvalue weighted by Crippen LogP contribution is -2.22. The molecule has 0 radical (unpaired) electrons.